The van der Waals surface area contributed by atoms with E-state index < -0.39 is 5.97 Å². The minimum absolute atomic E-state index is 0.000999. The van der Waals surface area contributed by atoms with Crippen LogP contribution in [0.2, 0.25) is 0 Å². The number of H-pyrrole nitrogens is 1. The van der Waals surface area contributed by atoms with E-state index in [1.807, 2.05) is 30.3 Å². The largest absolute Gasteiger partial charge is 0.481 e. The molecule has 0 aliphatic carbocycles. The SMILES string of the molecule is CC(C)(C)c1ccc2[nH]c(-c3ccc(Br)cc3)c(CC(=O)O)c2c1. The van der Waals surface area contributed by atoms with Gasteiger partial charge in [-0.25, -0.2) is 0 Å². The first-order valence-electron chi connectivity index (χ1n) is 7.88. The highest BCUT2D eigenvalue weighted by atomic mass is 79.9. The fourth-order valence-corrected chi connectivity index (χ4v) is 3.18. The van der Waals surface area contributed by atoms with Crippen molar-refractivity contribution in [2.24, 2.45) is 0 Å². The van der Waals surface area contributed by atoms with Crippen molar-refractivity contribution in [3.05, 3.63) is 58.1 Å². The number of halogens is 1. The Labute approximate surface area is 149 Å². The Balaban J connectivity index is 2.25. The highest BCUT2D eigenvalue weighted by Gasteiger charge is 2.19. The van der Waals surface area contributed by atoms with Gasteiger partial charge in [-0.1, -0.05) is 54.9 Å². The fraction of sp³-hybridized carbons (Fsp3) is 0.250. The van der Waals surface area contributed by atoms with E-state index in [9.17, 15) is 9.90 Å². The zero-order valence-corrected chi connectivity index (χ0v) is 15.6. The molecule has 0 saturated heterocycles. The molecule has 24 heavy (non-hydrogen) atoms. The molecule has 0 fully saturated rings. The number of hydrogen-bond donors (Lipinski definition) is 2. The Morgan fingerprint density at radius 2 is 1.79 bits per heavy atom. The predicted molar refractivity (Wildman–Crippen MR) is 101 cm³/mol. The van der Waals surface area contributed by atoms with Crippen LogP contribution in [0, 0.1) is 0 Å². The molecule has 0 unspecified atom stereocenters. The summed E-state index contributed by atoms with van der Waals surface area (Å²) in [6, 6.07) is 14.2. The lowest BCUT2D eigenvalue weighted by atomic mass is 9.86. The molecular weight excluding hydrogens is 366 g/mol. The molecule has 0 bridgehead atoms. The predicted octanol–water partition coefficient (Wildman–Crippen LogP) is 5.52. The lowest BCUT2D eigenvalue weighted by molar-refractivity contribution is -0.136. The molecule has 3 nitrogen and oxygen atoms in total. The van der Waals surface area contributed by atoms with Crippen molar-refractivity contribution in [2.75, 3.05) is 0 Å². The van der Waals surface area contributed by atoms with Crippen molar-refractivity contribution >= 4 is 32.8 Å². The molecule has 0 spiro atoms. The number of aromatic amines is 1. The second kappa shape index (κ2) is 6.10. The van der Waals surface area contributed by atoms with E-state index in [0.717, 1.165) is 32.2 Å². The third-order valence-electron chi connectivity index (χ3n) is 4.23. The minimum atomic E-state index is -0.824. The van der Waals surface area contributed by atoms with Crippen LogP contribution in [0.3, 0.4) is 0 Å². The second-order valence-corrected chi connectivity index (χ2v) is 7.98. The average Bonchev–Trinajstić information content (AvgIpc) is 2.84. The number of benzene rings is 2. The Bertz CT molecular complexity index is 902. The first-order chi connectivity index (χ1) is 11.3. The zero-order valence-electron chi connectivity index (χ0n) is 14.0. The molecule has 0 aliphatic rings. The minimum Gasteiger partial charge on any atom is -0.481 e. The van der Waals surface area contributed by atoms with Crippen LogP contribution in [-0.4, -0.2) is 16.1 Å². The first-order valence-corrected chi connectivity index (χ1v) is 8.68. The average molecular weight is 386 g/mol. The van der Waals surface area contributed by atoms with E-state index in [0.29, 0.717) is 0 Å². The van der Waals surface area contributed by atoms with Crippen molar-refractivity contribution in [1.82, 2.24) is 4.98 Å². The van der Waals surface area contributed by atoms with Gasteiger partial charge in [0.15, 0.2) is 0 Å². The molecule has 0 amide bonds. The number of hydrogen-bond acceptors (Lipinski definition) is 1. The van der Waals surface area contributed by atoms with Gasteiger partial charge in [0.1, 0.15) is 0 Å². The summed E-state index contributed by atoms with van der Waals surface area (Å²) in [7, 11) is 0. The van der Waals surface area contributed by atoms with Crippen molar-refractivity contribution in [3.8, 4) is 11.3 Å². The van der Waals surface area contributed by atoms with Gasteiger partial charge in [0.05, 0.1) is 12.1 Å². The van der Waals surface area contributed by atoms with Crippen LogP contribution in [-0.2, 0) is 16.6 Å². The standard InChI is InChI=1S/C20H20BrNO2/c1-20(2,3)13-6-9-17-15(10-13)16(11-18(23)24)19(22-17)12-4-7-14(21)8-5-12/h4-10,22H,11H2,1-3H3,(H,23,24). The Morgan fingerprint density at radius 1 is 1.12 bits per heavy atom. The quantitative estimate of drug-likeness (QED) is 0.623. The summed E-state index contributed by atoms with van der Waals surface area (Å²) in [6.07, 6.45) is -0.000999. The molecule has 4 heteroatoms. The molecule has 2 N–H and O–H groups in total. The number of rotatable bonds is 3. The smallest absolute Gasteiger partial charge is 0.307 e. The van der Waals surface area contributed by atoms with Gasteiger partial charge in [-0.05, 0) is 46.4 Å². The van der Waals surface area contributed by atoms with Gasteiger partial charge in [0.2, 0.25) is 0 Å². The molecular formula is C20H20BrNO2. The highest BCUT2D eigenvalue weighted by Crippen LogP contribution is 2.34. The van der Waals surface area contributed by atoms with Crippen molar-refractivity contribution in [1.29, 1.82) is 0 Å². The highest BCUT2D eigenvalue weighted by molar-refractivity contribution is 9.10. The zero-order chi connectivity index (χ0) is 17.5. The van der Waals surface area contributed by atoms with Gasteiger partial charge in [-0.2, -0.15) is 0 Å². The van der Waals surface area contributed by atoms with E-state index >= 15 is 0 Å². The van der Waals surface area contributed by atoms with Crippen molar-refractivity contribution in [2.45, 2.75) is 32.6 Å². The number of nitrogens with one attached hydrogen (secondary N) is 1. The molecule has 1 heterocycles. The van der Waals surface area contributed by atoms with Gasteiger partial charge >= 0.3 is 5.97 Å². The number of aromatic nitrogens is 1. The Morgan fingerprint density at radius 3 is 2.38 bits per heavy atom. The molecule has 0 saturated carbocycles. The van der Waals surface area contributed by atoms with Crippen LogP contribution in [0.1, 0.15) is 31.9 Å². The van der Waals surface area contributed by atoms with Gasteiger partial charge in [0, 0.05) is 15.4 Å². The van der Waals surface area contributed by atoms with Crippen LogP contribution in [0.15, 0.2) is 46.9 Å². The third-order valence-corrected chi connectivity index (χ3v) is 4.76. The molecule has 3 aromatic rings. The van der Waals surface area contributed by atoms with Gasteiger partial charge in [-0.15, -0.1) is 0 Å². The summed E-state index contributed by atoms with van der Waals surface area (Å²) in [5.41, 5.74) is 4.89. The summed E-state index contributed by atoms with van der Waals surface area (Å²) >= 11 is 3.44. The monoisotopic (exact) mass is 385 g/mol. The maximum atomic E-state index is 11.4. The van der Waals surface area contributed by atoms with Crippen LogP contribution in [0.5, 0.6) is 0 Å². The Kier molecular flexibility index (Phi) is 4.26. The lowest BCUT2D eigenvalue weighted by Gasteiger charge is -2.19. The second-order valence-electron chi connectivity index (χ2n) is 7.07. The van der Waals surface area contributed by atoms with Crippen LogP contribution in [0.25, 0.3) is 22.2 Å². The van der Waals surface area contributed by atoms with Crippen LogP contribution >= 0.6 is 15.9 Å². The molecule has 0 radical (unpaired) electrons. The number of fused-ring (bicyclic) bond motifs is 1. The molecule has 2 aromatic carbocycles. The molecule has 0 atom stereocenters. The molecule has 0 aliphatic heterocycles. The van der Waals surface area contributed by atoms with Gasteiger partial charge in [0.25, 0.3) is 0 Å². The third kappa shape index (κ3) is 3.24. The summed E-state index contributed by atoms with van der Waals surface area (Å²) in [5, 5.41) is 10.4. The first kappa shape index (κ1) is 16.8. The summed E-state index contributed by atoms with van der Waals surface area (Å²) in [4.78, 5) is 14.8. The van der Waals surface area contributed by atoms with E-state index in [1.54, 1.807) is 0 Å². The topological polar surface area (TPSA) is 53.1 Å². The maximum absolute atomic E-state index is 11.4. The van der Waals surface area contributed by atoms with Gasteiger partial charge < -0.3 is 10.1 Å². The summed E-state index contributed by atoms with van der Waals surface area (Å²) in [6.45, 7) is 6.48. The summed E-state index contributed by atoms with van der Waals surface area (Å²) < 4.78 is 0.997. The Hall–Kier alpha value is -2.07. The van der Waals surface area contributed by atoms with Crippen LogP contribution in [0.4, 0.5) is 0 Å². The van der Waals surface area contributed by atoms with Gasteiger partial charge in [-0.3, -0.25) is 4.79 Å². The number of carboxylic acid groups (broad SMARTS) is 1. The number of aliphatic carboxylic acids is 1. The number of carboxylic acids is 1. The van der Waals surface area contributed by atoms with E-state index in [-0.39, 0.29) is 11.8 Å². The van der Waals surface area contributed by atoms with Crippen molar-refractivity contribution < 1.29 is 9.90 Å². The van der Waals surface area contributed by atoms with E-state index in [2.05, 4.69) is 53.8 Å². The lowest BCUT2D eigenvalue weighted by Crippen LogP contribution is -2.10. The maximum Gasteiger partial charge on any atom is 0.307 e. The normalized spacial score (nSPS) is 11.8. The molecule has 124 valence electrons. The number of carbonyl (C=O) groups is 1. The van der Waals surface area contributed by atoms with Crippen LogP contribution < -0.4 is 0 Å². The fourth-order valence-electron chi connectivity index (χ4n) is 2.91. The van der Waals surface area contributed by atoms with E-state index in [4.69, 9.17) is 0 Å². The van der Waals surface area contributed by atoms with Crippen molar-refractivity contribution in [3.63, 3.8) is 0 Å². The molecule has 3 rings (SSSR count). The summed E-state index contributed by atoms with van der Waals surface area (Å²) in [5.74, 6) is -0.824. The molecule has 1 aromatic heterocycles. The van der Waals surface area contributed by atoms with E-state index in [1.165, 1.54) is 5.56 Å².